The van der Waals surface area contributed by atoms with E-state index in [0.29, 0.717) is 19.0 Å². The third kappa shape index (κ3) is 6.32. The molecule has 0 amide bonds. The van der Waals surface area contributed by atoms with E-state index in [1.807, 2.05) is 6.92 Å². The Balaban J connectivity index is 1.87. The average Bonchev–Trinajstić information content (AvgIpc) is 2.65. The molecule has 1 heterocycles. The molecule has 1 aliphatic heterocycles. The standard InChI is InChI=1S/C19H30F2N4O2/c1-4-22-18(24-14-19(25(2)3)7-10-26-11-8-19)23-9-12-27-17-6-5-15(20)13-16(17)21/h5-6,13H,4,7-12,14H2,1-3H3,(H2,22,23,24). The molecule has 0 saturated carbocycles. The Morgan fingerprint density at radius 3 is 2.63 bits per heavy atom. The van der Waals surface area contributed by atoms with Gasteiger partial charge in [0, 0.05) is 31.4 Å². The van der Waals surface area contributed by atoms with Gasteiger partial charge in [-0.25, -0.2) is 8.78 Å². The third-order valence-corrected chi connectivity index (χ3v) is 4.79. The predicted molar refractivity (Wildman–Crippen MR) is 102 cm³/mol. The van der Waals surface area contributed by atoms with Crippen LogP contribution in [0.5, 0.6) is 5.75 Å². The fraction of sp³-hybridized carbons (Fsp3) is 0.632. The Bertz CT molecular complexity index is 620. The van der Waals surface area contributed by atoms with Gasteiger partial charge in [-0.05, 0) is 46.0 Å². The van der Waals surface area contributed by atoms with Crippen molar-refractivity contribution >= 4 is 5.96 Å². The van der Waals surface area contributed by atoms with E-state index in [0.717, 1.165) is 38.7 Å². The predicted octanol–water partition coefficient (Wildman–Crippen LogP) is 2.01. The van der Waals surface area contributed by atoms with Crippen molar-refractivity contribution in [1.82, 2.24) is 15.5 Å². The minimum atomic E-state index is -0.706. The number of nitrogens with zero attached hydrogens (tertiary/aromatic N) is 2. The quantitative estimate of drug-likeness (QED) is 0.408. The van der Waals surface area contributed by atoms with Crippen molar-refractivity contribution in [1.29, 1.82) is 0 Å². The van der Waals surface area contributed by atoms with Crippen molar-refractivity contribution in [3.8, 4) is 5.75 Å². The monoisotopic (exact) mass is 384 g/mol. The minimum Gasteiger partial charge on any atom is -0.489 e. The van der Waals surface area contributed by atoms with Crippen LogP contribution < -0.4 is 15.4 Å². The van der Waals surface area contributed by atoms with E-state index >= 15 is 0 Å². The molecule has 1 fully saturated rings. The molecule has 0 aromatic heterocycles. The van der Waals surface area contributed by atoms with Gasteiger partial charge in [-0.15, -0.1) is 0 Å². The maximum atomic E-state index is 13.6. The molecular formula is C19H30F2N4O2. The zero-order valence-electron chi connectivity index (χ0n) is 16.4. The molecule has 6 nitrogen and oxygen atoms in total. The van der Waals surface area contributed by atoms with Crippen LogP contribution in [0.1, 0.15) is 19.8 Å². The summed E-state index contributed by atoms with van der Waals surface area (Å²) in [6.45, 7) is 5.56. The van der Waals surface area contributed by atoms with Crippen LogP contribution in [0.4, 0.5) is 8.78 Å². The van der Waals surface area contributed by atoms with Gasteiger partial charge in [0.2, 0.25) is 0 Å². The number of aliphatic imine (C=N–C) groups is 1. The van der Waals surface area contributed by atoms with Crippen molar-refractivity contribution in [2.75, 3.05) is 53.6 Å². The van der Waals surface area contributed by atoms with Crippen LogP contribution in [-0.2, 0) is 4.74 Å². The second-order valence-electron chi connectivity index (χ2n) is 6.78. The fourth-order valence-corrected chi connectivity index (χ4v) is 2.99. The Hall–Kier alpha value is -1.93. The molecule has 2 N–H and O–H groups in total. The average molecular weight is 384 g/mol. The molecule has 1 aromatic rings. The summed E-state index contributed by atoms with van der Waals surface area (Å²) >= 11 is 0. The number of nitrogens with one attached hydrogen (secondary N) is 2. The molecular weight excluding hydrogens is 354 g/mol. The van der Waals surface area contributed by atoms with Gasteiger partial charge in [0.05, 0.1) is 13.1 Å². The van der Waals surface area contributed by atoms with Gasteiger partial charge in [-0.2, -0.15) is 0 Å². The van der Waals surface area contributed by atoms with Gasteiger partial charge in [0.15, 0.2) is 17.5 Å². The van der Waals surface area contributed by atoms with Crippen molar-refractivity contribution < 1.29 is 18.3 Å². The minimum absolute atomic E-state index is 0.00561. The molecule has 1 saturated heterocycles. The molecule has 8 heteroatoms. The highest BCUT2D eigenvalue weighted by atomic mass is 19.1. The first kappa shape index (κ1) is 21.4. The molecule has 0 radical (unpaired) electrons. The molecule has 0 bridgehead atoms. The third-order valence-electron chi connectivity index (χ3n) is 4.79. The van der Waals surface area contributed by atoms with Crippen molar-refractivity contribution in [2.24, 2.45) is 4.99 Å². The van der Waals surface area contributed by atoms with Gasteiger partial charge in [0.25, 0.3) is 0 Å². The summed E-state index contributed by atoms with van der Waals surface area (Å²) in [5, 5.41) is 6.39. The fourth-order valence-electron chi connectivity index (χ4n) is 2.99. The molecule has 152 valence electrons. The van der Waals surface area contributed by atoms with E-state index in [-0.39, 0.29) is 17.9 Å². The van der Waals surface area contributed by atoms with Crippen LogP contribution in [0.25, 0.3) is 0 Å². The molecule has 0 unspecified atom stereocenters. The lowest BCUT2D eigenvalue weighted by Crippen LogP contribution is -2.52. The van der Waals surface area contributed by atoms with Gasteiger partial charge >= 0.3 is 0 Å². The Kier molecular flexibility index (Phi) is 8.24. The maximum Gasteiger partial charge on any atom is 0.191 e. The molecule has 0 aliphatic carbocycles. The van der Waals surface area contributed by atoms with Crippen LogP contribution in [0, 0.1) is 11.6 Å². The zero-order chi connectivity index (χ0) is 19.7. The van der Waals surface area contributed by atoms with E-state index in [9.17, 15) is 8.78 Å². The highest BCUT2D eigenvalue weighted by Crippen LogP contribution is 2.26. The molecule has 0 atom stereocenters. The molecule has 27 heavy (non-hydrogen) atoms. The van der Waals surface area contributed by atoms with E-state index < -0.39 is 11.6 Å². The first-order valence-corrected chi connectivity index (χ1v) is 9.32. The number of rotatable bonds is 8. The van der Waals surface area contributed by atoms with Crippen molar-refractivity contribution in [3.05, 3.63) is 29.8 Å². The number of hydrogen-bond acceptors (Lipinski definition) is 4. The lowest BCUT2D eigenvalue weighted by molar-refractivity contribution is -0.00254. The van der Waals surface area contributed by atoms with Crippen molar-refractivity contribution in [3.63, 3.8) is 0 Å². The van der Waals surface area contributed by atoms with Gasteiger partial charge < -0.3 is 25.0 Å². The first-order chi connectivity index (χ1) is 13.0. The second kappa shape index (κ2) is 10.4. The van der Waals surface area contributed by atoms with Crippen LogP contribution >= 0.6 is 0 Å². The van der Waals surface area contributed by atoms with Gasteiger partial charge in [-0.1, -0.05) is 0 Å². The normalized spacial score (nSPS) is 17.0. The smallest absolute Gasteiger partial charge is 0.191 e. The number of likely N-dealkylation sites (N-methyl/N-ethyl adjacent to an activating group) is 1. The summed E-state index contributed by atoms with van der Waals surface area (Å²) in [5.74, 6) is -0.604. The summed E-state index contributed by atoms with van der Waals surface area (Å²) in [4.78, 5) is 6.95. The highest BCUT2D eigenvalue weighted by Gasteiger charge is 2.34. The molecule has 2 rings (SSSR count). The number of halogens is 2. The SMILES string of the molecule is CCNC(=NCC1(N(C)C)CCOCC1)NCCOc1ccc(F)cc1F. The topological polar surface area (TPSA) is 58.1 Å². The number of benzene rings is 1. The van der Waals surface area contributed by atoms with Gasteiger partial charge in [-0.3, -0.25) is 4.99 Å². The summed E-state index contributed by atoms with van der Waals surface area (Å²) in [7, 11) is 4.15. The number of hydrogen-bond donors (Lipinski definition) is 2. The summed E-state index contributed by atoms with van der Waals surface area (Å²) in [5.41, 5.74) is -0.00561. The Morgan fingerprint density at radius 1 is 1.26 bits per heavy atom. The van der Waals surface area contributed by atoms with E-state index in [1.54, 1.807) is 0 Å². The number of guanidine groups is 1. The van der Waals surface area contributed by atoms with Crippen molar-refractivity contribution in [2.45, 2.75) is 25.3 Å². The van der Waals surface area contributed by atoms with E-state index in [1.165, 1.54) is 12.1 Å². The van der Waals surface area contributed by atoms with Crippen LogP contribution in [0.15, 0.2) is 23.2 Å². The summed E-state index contributed by atoms with van der Waals surface area (Å²) in [6, 6.07) is 3.27. The van der Waals surface area contributed by atoms with Crippen LogP contribution in [-0.4, -0.2) is 69.9 Å². The van der Waals surface area contributed by atoms with E-state index in [2.05, 4.69) is 29.6 Å². The maximum absolute atomic E-state index is 13.6. The van der Waals surface area contributed by atoms with Crippen LogP contribution in [0.3, 0.4) is 0 Å². The first-order valence-electron chi connectivity index (χ1n) is 9.32. The van der Waals surface area contributed by atoms with Gasteiger partial charge in [0.1, 0.15) is 12.4 Å². The highest BCUT2D eigenvalue weighted by molar-refractivity contribution is 5.79. The largest absolute Gasteiger partial charge is 0.489 e. The Labute approximate surface area is 159 Å². The summed E-state index contributed by atoms with van der Waals surface area (Å²) in [6.07, 6.45) is 1.88. The molecule has 1 aliphatic rings. The second-order valence-corrected chi connectivity index (χ2v) is 6.78. The lowest BCUT2D eigenvalue weighted by atomic mass is 9.89. The number of ether oxygens (including phenoxy) is 2. The summed E-state index contributed by atoms with van der Waals surface area (Å²) < 4.78 is 37.3. The van der Waals surface area contributed by atoms with E-state index in [4.69, 9.17) is 14.5 Å². The zero-order valence-corrected chi connectivity index (χ0v) is 16.4. The lowest BCUT2D eigenvalue weighted by Gasteiger charge is -2.41. The Morgan fingerprint density at radius 2 is 2.00 bits per heavy atom. The molecule has 1 aromatic carbocycles. The van der Waals surface area contributed by atoms with Crippen LogP contribution in [0.2, 0.25) is 0 Å². The molecule has 0 spiro atoms.